The van der Waals surface area contributed by atoms with Crippen molar-refractivity contribution in [2.24, 2.45) is 5.92 Å². The summed E-state index contributed by atoms with van der Waals surface area (Å²) in [5.74, 6) is -0.732. The zero-order chi connectivity index (χ0) is 29.5. The van der Waals surface area contributed by atoms with Crippen LogP contribution in [0.15, 0.2) is 48.9 Å². The molecule has 1 aliphatic carbocycles. The summed E-state index contributed by atoms with van der Waals surface area (Å²) < 4.78 is 47.2. The molecule has 0 bridgehead atoms. The van der Waals surface area contributed by atoms with Crippen molar-refractivity contribution in [3.05, 3.63) is 75.7 Å². The molecule has 0 saturated heterocycles. The summed E-state index contributed by atoms with van der Waals surface area (Å²) in [6.45, 7) is -3.42. The third kappa shape index (κ3) is 8.64. The summed E-state index contributed by atoms with van der Waals surface area (Å²) in [7, 11) is 3.61. The van der Waals surface area contributed by atoms with Crippen LogP contribution in [-0.4, -0.2) is 55.8 Å². The predicted molar refractivity (Wildman–Crippen MR) is 147 cm³/mol. The van der Waals surface area contributed by atoms with E-state index in [1.165, 1.54) is 42.9 Å². The van der Waals surface area contributed by atoms with Crippen LogP contribution in [0.3, 0.4) is 0 Å². The molecule has 2 heterocycles. The molecule has 1 atom stereocenters. The highest BCUT2D eigenvalue weighted by Crippen LogP contribution is 2.37. The molecule has 9 nitrogen and oxygen atoms in total. The van der Waals surface area contributed by atoms with Crippen molar-refractivity contribution in [3.8, 4) is 11.5 Å². The standard InChI is InChI=1S/C28H27Cl2F2N3O6/c1-35(2)25-8-6-18(11-34-25)27(37)39-15-26(36)40-23(10-19-20(29)12-33-13-21(19)30)17-5-7-22(41-28(31)32)24(9-17)38-14-16-3-4-16/h5-9,11-13,16,23,28H,3-4,10,14-15H2,1-2H3. The fraction of sp³-hybridized carbons (Fsp3) is 0.357. The lowest BCUT2D eigenvalue weighted by molar-refractivity contribution is -0.153. The van der Waals surface area contributed by atoms with E-state index in [-0.39, 0.29) is 33.5 Å². The van der Waals surface area contributed by atoms with Crippen molar-refractivity contribution >= 4 is 41.0 Å². The van der Waals surface area contributed by atoms with Crippen molar-refractivity contribution in [2.75, 3.05) is 32.2 Å². The Morgan fingerprint density at radius 3 is 2.39 bits per heavy atom. The van der Waals surface area contributed by atoms with E-state index < -0.39 is 31.3 Å². The molecule has 2 aromatic heterocycles. The monoisotopic (exact) mass is 609 g/mol. The number of ether oxygens (including phenoxy) is 4. The van der Waals surface area contributed by atoms with E-state index in [1.54, 1.807) is 25.1 Å². The SMILES string of the molecule is CN(C)c1ccc(C(=O)OCC(=O)OC(Cc2c(Cl)cncc2Cl)c2ccc(OC(F)F)c(OCC3CC3)c2)cn1. The zero-order valence-corrected chi connectivity index (χ0v) is 23.7. The average molecular weight is 610 g/mol. The molecule has 0 amide bonds. The Balaban J connectivity index is 1.53. The van der Waals surface area contributed by atoms with Crippen molar-refractivity contribution in [1.29, 1.82) is 0 Å². The van der Waals surface area contributed by atoms with E-state index in [4.69, 9.17) is 37.4 Å². The van der Waals surface area contributed by atoms with Gasteiger partial charge in [0.25, 0.3) is 0 Å². The molecule has 1 aliphatic rings. The lowest BCUT2D eigenvalue weighted by atomic mass is 10.0. The van der Waals surface area contributed by atoms with Crippen LogP contribution < -0.4 is 14.4 Å². The third-order valence-electron chi connectivity index (χ3n) is 6.11. The summed E-state index contributed by atoms with van der Waals surface area (Å²) in [6.07, 6.45) is 5.09. The van der Waals surface area contributed by atoms with Crippen LogP contribution in [0.2, 0.25) is 10.0 Å². The van der Waals surface area contributed by atoms with Crippen LogP contribution in [0.4, 0.5) is 14.6 Å². The van der Waals surface area contributed by atoms with Crippen molar-refractivity contribution in [2.45, 2.75) is 32.0 Å². The molecule has 0 spiro atoms. The Morgan fingerprint density at radius 1 is 1.05 bits per heavy atom. The molecular weight excluding hydrogens is 583 g/mol. The highest BCUT2D eigenvalue weighted by Gasteiger charge is 2.26. The van der Waals surface area contributed by atoms with Gasteiger partial charge >= 0.3 is 18.6 Å². The van der Waals surface area contributed by atoms with E-state index in [9.17, 15) is 18.4 Å². The lowest BCUT2D eigenvalue weighted by Gasteiger charge is -2.21. The maximum atomic E-state index is 13.0. The van der Waals surface area contributed by atoms with E-state index >= 15 is 0 Å². The Morgan fingerprint density at radius 2 is 1.78 bits per heavy atom. The number of hydrogen-bond acceptors (Lipinski definition) is 9. The zero-order valence-electron chi connectivity index (χ0n) is 22.2. The Bertz CT molecular complexity index is 1350. The summed E-state index contributed by atoms with van der Waals surface area (Å²) >= 11 is 12.6. The number of carbonyl (C=O) groups is 2. The van der Waals surface area contributed by atoms with Gasteiger partial charge in [-0.1, -0.05) is 29.3 Å². The number of pyridine rings is 2. The first-order valence-electron chi connectivity index (χ1n) is 12.6. The normalized spacial score (nSPS) is 13.4. The van der Waals surface area contributed by atoms with Crippen LogP contribution in [0.25, 0.3) is 0 Å². The summed E-state index contributed by atoms with van der Waals surface area (Å²) in [5.41, 5.74) is 0.991. The molecule has 0 radical (unpaired) electrons. The van der Waals surface area contributed by atoms with E-state index in [2.05, 4.69) is 14.7 Å². The molecule has 41 heavy (non-hydrogen) atoms. The number of halogens is 4. The highest BCUT2D eigenvalue weighted by atomic mass is 35.5. The number of nitrogens with zero attached hydrogens (tertiary/aromatic N) is 3. The number of hydrogen-bond donors (Lipinski definition) is 0. The van der Waals surface area contributed by atoms with Gasteiger partial charge < -0.3 is 23.8 Å². The molecule has 3 aromatic rings. The minimum Gasteiger partial charge on any atom is -0.489 e. The first-order valence-corrected chi connectivity index (χ1v) is 13.4. The van der Waals surface area contributed by atoms with E-state index in [0.717, 1.165) is 12.8 Å². The van der Waals surface area contributed by atoms with Gasteiger partial charge in [-0.2, -0.15) is 8.78 Å². The smallest absolute Gasteiger partial charge is 0.387 e. The van der Waals surface area contributed by atoms with E-state index in [1.807, 2.05) is 0 Å². The first-order chi connectivity index (χ1) is 19.6. The Labute approximate surface area is 245 Å². The third-order valence-corrected chi connectivity index (χ3v) is 6.76. The van der Waals surface area contributed by atoms with Crippen molar-refractivity contribution < 1.29 is 37.3 Å². The lowest BCUT2D eigenvalue weighted by Crippen LogP contribution is -2.21. The molecule has 4 rings (SSSR count). The molecular formula is C28H27Cl2F2N3O6. The van der Waals surface area contributed by atoms with Crippen LogP contribution >= 0.6 is 23.2 Å². The van der Waals surface area contributed by atoms with Crippen LogP contribution in [-0.2, 0) is 20.7 Å². The second-order valence-electron chi connectivity index (χ2n) is 9.48. The van der Waals surface area contributed by atoms with E-state index in [0.29, 0.717) is 29.5 Å². The van der Waals surface area contributed by atoms with Gasteiger partial charge in [0.2, 0.25) is 0 Å². The summed E-state index contributed by atoms with van der Waals surface area (Å²) in [6, 6.07) is 7.40. The average Bonchev–Trinajstić information content (AvgIpc) is 3.77. The topological polar surface area (TPSA) is 100 Å². The van der Waals surface area contributed by atoms with Crippen LogP contribution in [0, 0.1) is 5.92 Å². The molecule has 1 saturated carbocycles. The number of benzene rings is 1. The van der Waals surface area contributed by atoms with Crippen molar-refractivity contribution in [1.82, 2.24) is 9.97 Å². The number of alkyl halides is 2. The van der Waals surface area contributed by atoms with Gasteiger partial charge in [-0.15, -0.1) is 0 Å². The molecule has 1 unspecified atom stereocenters. The van der Waals surface area contributed by atoms with Crippen LogP contribution in [0.5, 0.6) is 11.5 Å². The van der Waals surface area contributed by atoms with Gasteiger partial charge in [-0.25, -0.2) is 14.6 Å². The van der Waals surface area contributed by atoms with Gasteiger partial charge in [-0.05, 0) is 54.2 Å². The fourth-order valence-electron chi connectivity index (χ4n) is 3.74. The van der Waals surface area contributed by atoms with Gasteiger partial charge in [0.05, 0.1) is 22.2 Å². The Kier molecular flexibility index (Phi) is 10.2. The predicted octanol–water partition coefficient (Wildman–Crippen LogP) is 5.92. The maximum absolute atomic E-state index is 13.0. The molecule has 13 heteroatoms. The number of carbonyl (C=O) groups excluding carboxylic acids is 2. The summed E-state index contributed by atoms with van der Waals surface area (Å²) in [4.78, 5) is 35.1. The number of aromatic nitrogens is 2. The molecule has 0 N–H and O–H groups in total. The van der Waals surface area contributed by atoms with Gasteiger partial charge in [0, 0.05) is 39.1 Å². The molecule has 218 valence electrons. The van der Waals surface area contributed by atoms with Crippen molar-refractivity contribution in [3.63, 3.8) is 0 Å². The number of anilines is 1. The first kappa shape index (κ1) is 30.3. The van der Waals surface area contributed by atoms with Crippen LogP contribution in [0.1, 0.15) is 40.4 Å². The highest BCUT2D eigenvalue weighted by molar-refractivity contribution is 6.35. The minimum absolute atomic E-state index is 0.00685. The largest absolute Gasteiger partial charge is 0.489 e. The second-order valence-corrected chi connectivity index (χ2v) is 10.3. The Hall–Kier alpha value is -3.70. The second kappa shape index (κ2) is 13.8. The molecule has 0 aliphatic heterocycles. The summed E-state index contributed by atoms with van der Waals surface area (Å²) in [5, 5.41) is 0.475. The maximum Gasteiger partial charge on any atom is 0.387 e. The van der Waals surface area contributed by atoms with Gasteiger partial charge in [0.1, 0.15) is 11.9 Å². The van der Waals surface area contributed by atoms with Gasteiger partial charge in [-0.3, -0.25) is 4.98 Å². The minimum atomic E-state index is -3.06. The number of rotatable bonds is 13. The molecule has 1 aromatic carbocycles. The van der Waals surface area contributed by atoms with Gasteiger partial charge in [0.15, 0.2) is 18.1 Å². The number of esters is 2. The molecule has 1 fully saturated rings. The quantitative estimate of drug-likeness (QED) is 0.218. The fourth-order valence-corrected chi connectivity index (χ4v) is 4.26.